The second kappa shape index (κ2) is 5.65. The highest BCUT2D eigenvalue weighted by molar-refractivity contribution is 9.10. The molecule has 1 aromatic heterocycles. The summed E-state index contributed by atoms with van der Waals surface area (Å²) < 4.78 is 1.51. The Morgan fingerprint density at radius 3 is 2.47 bits per heavy atom. The van der Waals surface area contributed by atoms with E-state index in [2.05, 4.69) is 26.3 Å². The van der Waals surface area contributed by atoms with Crippen molar-refractivity contribution in [2.24, 2.45) is 0 Å². The van der Waals surface area contributed by atoms with Gasteiger partial charge < -0.3 is 0 Å². The van der Waals surface area contributed by atoms with Gasteiger partial charge in [0.05, 0.1) is 11.2 Å². The Labute approximate surface area is 116 Å². The maximum Gasteiger partial charge on any atom is 0.172 e. The van der Waals surface area contributed by atoms with Crippen LogP contribution in [0.2, 0.25) is 5.02 Å². The smallest absolute Gasteiger partial charge is 0.172 e. The number of halogens is 2. The molecular weight excluding hydrogens is 302 g/mol. The van der Waals surface area contributed by atoms with Crippen molar-refractivity contribution >= 4 is 33.2 Å². The molecule has 1 aliphatic rings. The van der Waals surface area contributed by atoms with Gasteiger partial charge in [-0.15, -0.1) is 0 Å². The summed E-state index contributed by atoms with van der Waals surface area (Å²) in [5, 5.41) is 0.680. The SMILES string of the molecule is CN[N+]1(c2cnc(Br)c(Cl)c2)CCCCCC1. The summed E-state index contributed by atoms with van der Waals surface area (Å²) in [6.45, 7) is 2.21. The summed E-state index contributed by atoms with van der Waals surface area (Å²) in [4.78, 5) is 4.31. The Balaban J connectivity index is 2.35. The fourth-order valence-electron chi connectivity index (χ4n) is 2.48. The molecule has 0 aromatic carbocycles. The van der Waals surface area contributed by atoms with Gasteiger partial charge in [-0.3, -0.25) is 0 Å². The van der Waals surface area contributed by atoms with Gasteiger partial charge in [-0.2, -0.15) is 5.43 Å². The average molecular weight is 320 g/mol. The number of nitrogens with one attached hydrogen (secondary N) is 1. The van der Waals surface area contributed by atoms with Gasteiger partial charge in [0.2, 0.25) is 0 Å². The Morgan fingerprint density at radius 1 is 1.29 bits per heavy atom. The number of nitrogens with zero attached hydrogens (tertiary/aromatic N) is 2. The predicted molar refractivity (Wildman–Crippen MR) is 76.0 cm³/mol. The van der Waals surface area contributed by atoms with E-state index in [9.17, 15) is 0 Å². The second-order valence-electron chi connectivity index (χ2n) is 4.52. The average Bonchev–Trinajstić information content (AvgIpc) is 2.59. The zero-order chi connectivity index (χ0) is 12.3. The molecule has 1 aromatic rings. The third kappa shape index (κ3) is 2.81. The third-order valence-corrected chi connectivity index (χ3v) is 4.68. The van der Waals surface area contributed by atoms with Crippen LogP contribution >= 0.6 is 27.5 Å². The molecule has 1 aliphatic heterocycles. The Morgan fingerprint density at radius 2 is 1.94 bits per heavy atom. The lowest BCUT2D eigenvalue weighted by molar-refractivity contribution is 0.216. The van der Waals surface area contributed by atoms with Crippen molar-refractivity contribution < 1.29 is 0 Å². The number of hydrogen-bond acceptors (Lipinski definition) is 2. The van der Waals surface area contributed by atoms with E-state index in [0.29, 0.717) is 9.63 Å². The topological polar surface area (TPSA) is 24.9 Å². The van der Waals surface area contributed by atoms with Gasteiger partial charge >= 0.3 is 0 Å². The van der Waals surface area contributed by atoms with Crippen molar-refractivity contribution in [2.75, 3.05) is 20.1 Å². The molecule has 3 nitrogen and oxygen atoms in total. The van der Waals surface area contributed by atoms with E-state index in [-0.39, 0.29) is 0 Å². The van der Waals surface area contributed by atoms with Crippen molar-refractivity contribution in [2.45, 2.75) is 25.7 Å². The van der Waals surface area contributed by atoms with Crippen molar-refractivity contribution in [3.63, 3.8) is 0 Å². The monoisotopic (exact) mass is 318 g/mol. The molecular formula is C12H18BrClN3+. The van der Waals surface area contributed by atoms with Gasteiger partial charge in [0.1, 0.15) is 17.7 Å². The molecule has 0 unspecified atom stereocenters. The zero-order valence-corrected chi connectivity index (χ0v) is 12.4. The van der Waals surface area contributed by atoms with E-state index in [1.807, 2.05) is 19.3 Å². The first-order chi connectivity index (χ1) is 8.18. The zero-order valence-electron chi connectivity index (χ0n) is 10.0. The minimum Gasteiger partial charge on any atom is -0.241 e. The molecule has 0 radical (unpaired) electrons. The second-order valence-corrected chi connectivity index (χ2v) is 5.68. The summed E-state index contributed by atoms with van der Waals surface area (Å²) in [6, 6.07) is 2.01. The number of rotatable bonds is 2. The fraction of sp³-hybridized carbons (Fsp3) is 0.583. The van der Waals surface area contributed by atoms with Crippen molar-refractivity contribution in [3.05, 3.63) is 21.9 Å². The Kier molecular flexibility index (Phi) is 4.42. The van der Waals surface area contributed by atoms with E-state index in [4.69, 9.17) is 11.6 Å². The summed E-state index contributed by atoms with van der Waals surface area (Å²) in [5.74, 6) is 0. The standard InChI is InChI=1S/C12H18BrClN3/c1-15-17(6-4-2-3-5-7-17)10-8-11(14)12(13)16-9-10/h8-9,15H,2-7H2,1H3/q+1. The molecule has 94 valence electrons. The molecule has 2 rings (SSSR count). The van der Waals surface area contributed by atoms with Crippen LogP contribution in [-0.4, -0.2) is 25.1 Å². The van der Waals surface area contributed by atoms with E-state index in [0.717, 1.165) is 23.4 Å². The lowest BCUT2D eigenvalue weighted by Crippen LogP contribution is -2.58. The molecule has 5 heteroatoms. The summed E-state index contributed by atoms with van der Waals surface area (Å²) in [7, 11) is 2.02. The first kappa shape index (κ1) is 13.3. The van der Waals surface area contributed by atoms with Crippen LogP contribution in [0.15, 0.2) is 16.9 Å². The van der Waals surface area contributed by atoms with Gasteiger partial charge in [0, 0.05) is 13.1 Å². The fourth-order valence-corrected chi connectivity index (χ4v) is 2.86. The first-order valence-electron chi connectivity index (χ1n) is 6.06. The molecule has 1 saturated heterocycles. The lowest BCUT2D eigenvalue weighted by atomic mass is 10.2. The summed E-state index contributed by atoms with van der Waals surface area (Å²) in [5.41, 5.74) is 4.60. The van der Waals surface area contributed by atoms with Crippen LogP contribution < -0.4 is 10.0 Å². The normalized spacial score (nSPS) is 19.9. The maximum absolute atomic E-state index is 6.15. The van der Waals surface area contributed by atoms with Gasteiger partial charge in [0.15, 0.2) is 5.69 Å². The van der Waals surface area contributed by atoms with Crippen LogP contribution in [0.5, 0.6) is 0 Å². The predicted octanol–water partition coefficient (Wildman–Crippen LogP) is 3.51. The quantitative estimate of drug-likeness (QED) is 0.666. The van der Waals surface area contributed by atoms with Gasteiger partial charge in [-0.25, -0.2) is 9.58 Å². The van der Waals surface area contributed by atoms with E-state index in [1.165, 1.54) is 25.7 Å². The van der Waals surface area contributed by atoms with Crippen LogP contribution in [0.3, 0.4) is 0 Å². The van der Waals surface area contributed by atoms with E-state index < -0.39 is 0 Å². The number of aromatic nitrogens is 1. The summed E-state index contributed by atoms with van der Waals surface area (Å²) in [6.07, 6.45) is 7.04. The number of hydrogen-bond donors (Lipinski definition) is 1. The molecule has 0 aliphatic carbocycles. The molecule has 1 N–H and O–H groups in total. The molecule has 2 heterocycles. The van der Waals surface area contributed by atoms with Gasteiger partial charge in [-0.05, 0) is 41.6 Å². The highest BCUT2D eigenvalue weighted by Crippen LogP contribution is 2.30. The van der Waals surface area contributed by atoms with E-state index in [1.54, 1.807) is 0 Å². The molecule has 0 saturated carbocycles. The van der Waals surface area contributed by atoms with Crippen LogP contribution in [-0.2, 0) is 0 Å². The molecule has 0 amide bonds. The van der Waals surface area contributed by atoms with Crippen molar-refractivity contribution in [1.29, 1.82) is 0 Å². The van der Waals surface area contributed by atoms with Gasteiger partial charge in [-0.1, -0.05) is 11.6 Å². The lowest BCUT2D eigenvalue weighted by Gasteiger charge is -2.35. The Hall–Kier alpha value is -0.160. The molecule has 17 heavy (non-hydrogen) atoms. The van der Waals surface area contributed by atoms with Crippen molar-refractivity contribution in [3.8, 4) is 0 Å². The highest BCUT2D eigenvalue weighted by Gasteiger charge is 2.31. The van der Waals surface area contributed by atoms with Crippen molar-refractivity contribution in [1.82, 2.24) is 15.0 Å². The molecule has 0 atom stereocenters. The minimum atomic E-state index is 0.680. The molecule has 0 spiro atoms. The molecule has 0 bridgehead atoms. The maximum atomic E-state index is 6.15. The highest BCUT2D eigenvalue weighted by atomic mass is 79.9. The van der Waals surface area contributed by atoms with Crippen LogP contribution in [0, 0.1) is 0 Å². The van der Waals surface area contributed by atoms with E-state index >= 15 is 0 Å². The van der Waals surface area contributed by atoms with Crippen LogP contribution in [0.25, 0.3) is 0 Å². The van der Waals surface area contributed by atoms with Crippen LogP contribution in [0.1, 0.15) is 25.7 Å². The number of quaternary nitrogens is 1. The minimum absolute atomic E-state index is 0.680. The number of pyridine rings is 1. The first-order valence-corrected chi connectivity index (χ1v) is 7.23. The third-order valence-electron chi connectivity index (χ3n) is 3.53. The molecule has 1 fully saturated rings. The largest absolute Gasteiger partial charge is 0.241 e. The summed E-state index contributed by atoms with van der Waals surface area (Å²) >= 11 is 9.48. The Bertz CT molecular complexity index is 389. The van der Waals surface area contributed by atoms with Crippen LogP contribution in [0.4, 0.5) is 5.69 Å². The van der Waals surface area contributed by atoms with Gasteiger partial charge in [0.25, 0.3) is 0 Å².